The first-order valence-electron chi connectivity index (χ1n) is 12.4. The minimum Gasteiger partial charge on any atom is -0.463 e. The molecular weight excluding hydrogens is 583 g/mol. The van der Waals surface area contributed by atoms with Crippen molar-refractivity contribution in [2.45, 2.75) is 34.8 Å². The van der Waals surface area contributed by atoms with E-state index in [9.17, 15) is 19.7 Å². The van der Waals surface area contributed by atoms with Crippen LogP contribution in [0.15, 0.2) is 96.9 Å². The number of nitro benzene ring substituents is 1. The van der Waals surface area contributed by atoms with E-state index < -0.39 is 16.9 Å². The number of thioether (sulfide) groups is 1. The molecular formula is C28H23N5O5S3. The maximum Gasteiger partial charge on any atom is 0.338 e. The summed E-state index contributed by atoms with van der Waals surface area (Å²) in [5.41, 5.74) is 1.46. The topological polar surface area (TPSA) is 130 Å². The second-order valence-corrected chi connectivity index (χ2v) is 11.6. The fourth-order valence-corrected chi connectivity index (χ4v) is 6.57. The third kappa shape index (κ3) is 5.87. The second-order valence-electron chi connectivity index (χ2n) is 8.69. The van der Waals surface area contributed by atoms with Crippen LogP contribution in [0.2, 0.25) is 0 Å². The molecule has 13 heteroatoms. The number of fused-ring (bicyclic) bond motifs is 1. The van der Waals surface area contributed by atoms with E-state index in [1.807, 2.05) is 30.5 Å². The maximum absolute atomic E-state index is 14.0. The van der Waals surface area contributed by atoms with Gasteiger partial charge in [0.05, 0.1) is 33.4 Å². The predicted molar refractivity (Wildman–Crippen MR) is 158 cm³/mol. The van der Waals surface area contributed by atoms with Crippen molar-refractivity contribution in [3.8, 4) is 0 Å². The van der Waals surface area contributed by atoms with E-state index in [1.54, 1.807) is 56.2 Å². The van der Waals surface area contributed by atoms with Gasteiger partial charge in [-0.15, -0.1) is 11.8 Å². The molecule has 1 atom stereocenters. The van der Waals surface area contributed by atoms with Crippen LogP contribution in [-0.2, 0) is 9.53 Å². The molecule has 0 radical (unpaired) electrons. The number of aromatic nitrogens is 3. The van der Waals surface area contributed by atoms with Crippen LogP contribution in [-0.4, -0.2) is 38.3 Å². The van der Waals surface area contributed by atoms with Crippen LogP contribution in [0.4, 0.5) is 5.69 Å². The van der Waals surface area contributed by atoms with Gasteiger partial charge in [0.25, 0.3) is 11.2 Å². The zero-order valence-electron chi connectivity index (χ0n) is 22.1. The molecule has 0 spiro atoms. The van der Waals surface area contributed by atoms with Crippen molar-refractivity contribution in [3.63, 3.8) is 0 Å². The lowest BCUT2D eigenvalue weighted by molar-refractivity contribution is -0.384. The number of ether oxygens (including phenoxy) is 1. The number of benzene rings is 2. The number of carbonyl (C=O) groups is 1. The normalized spacial score (nSPS) is 14.9. The van der Waals surface area contributed by atoms with Crippen LogP contribution in [0.1, 0.15) is 31.0 Å². The van der Waals surface area contributed by atoms with Crippen molar-refractivity contribution in [2.75, 3.05) is 12.9 Å². The molecule has 0 fully saturated rings. The zero-order valence-corrected chi connectivity index (χ0v) is 24.6. The van der Waals surface area contributed by atoms with Gasteiger partial charge in [0, 0.05) is 34.3 Å². The van der Waals surface area contributed by atoms with E-state index in [1.165, 1.54) is 28.5 Å². The predicted octanol–water partition coefficient (Wildman–Crippen LogP) is 4.37. The molecule has 0 saturated heterocycles. The van der Waals surface area contributed by atoms with E-state index in [-0.39, 0.29) is 23.4 Å². The number of nitrogens with zero attached hydrogens (tertiary/aromatic N) is 5. The number of rotatable bonds is 8. The maximum atomic E-state index is 14.0. The molecule has 1 aliphatic heterocycles. The van der Waals surface area contributed by atoms with Crippen molar-refractivity contribution in [1.82, 2.24) is 14.5 Å². The van der Waals surface area contributed by atoms with Gasteiger partial charge in [-0.05, 0) is 73.3 Å². The Kier molecular flexibility index (Phi) is 8.47. The minimum absolute atomic E-state index is 0.116. The average molecular weight is 606 g/mol. The summed E-state index contributed by atoms with van der Waals surface area (Å²) in [6, 6.07) is 13.0. The Balaban J connectivity index is 1.70. The van der Waals surface area contributed by atoms with Crippen LogP contribution in [0, 0.1) is 10.1 Å². The highest BCUT2D eigenvalue weighted by Crippen LogP contribution is 2.33. The summed E-state index contributed by atoms with van der Waals surface area (Å²) in [7, 11) is 0. The van der Waals surface area contributed by atoms with Crippen LogP contribution >= 0.6 is 34.9 Å². The highest BCUT2D eigenvalue weighted by atomic mass is 32.2. The van der Waals surface area contributed by atoms with Gasteiger partial charge in [0.2, 0.25) is 0 Å². The monoisotopic (exact) mass is 605 g/mol. The van der Waals surface area contributed by atoms with E-state index in [0.29, 0.717) is 30.6 Å². The van der Waals surface area contributed by atoms with Gasteiger partial charge in [-0.1, -0.05) is 23.5 Å². The van der Waals surface area contributed by atoms with Crippen LogP contribution in [0.5, 0.6) is 0 Å². The van der Waals surface area contributed by atoms with Gasteiger partial charge in [-0.3, -0.25) is 19.5 Å². The van der Waals surface area contributed by atoms with Crippen molar-refractivity contribution >= 4 is 52.6 Å². The molecule has 0 bridgehead atoms. The van der Waals surface area contributed by atoms with Gasteiger partial charge < -0.3 is 4.74 Å². The van der Waals surface area contributed by atoms with Crippen LogP contribution < -0.4 is 14.9 Å². The molecule has 41 heavy (non-hydrogen) atoms. The Morgan fingerprint density at radius 3 is 2.59 bits per heavy atom. The first-order chi connectivity index (χ1) is 19.8. The minimum atomic E-state index is -0.750. The Hall–Kier alpha value is -4.07. The molecule has 4 aromatic rings. The summed E-state index contributed by atoms with van der Waals surface area (Å²) in [6.07, 6.45) is 6.79. The average Bonchev–Trinajstić information content (AvgIpc) is 3.27. The Labute approximate surface area is 246 Å². The third-order valence-electron chi connectivity index (χ3n) is 6.18. The summed E-state index contributed by atoms with van der Waals surface area (Å²) >= 11 is 3.97. The standard InChI is InChI=1S/C28H23N5O5S3/c1-4-38-26(35)23-16(2)31-28-32(24(23)17-6-9-20(39-3)10-7-17)25(34)22(41-28)15-18-14-19(33(36)37)8-11-21(18)40-27-29-12-5-13-30-27/h5-15,24H,4H2,1-3H3/b22-15+/t24-/m1/s1. The number of thiazole rings is 1. The van der Waals surface area contributed by atoms with Gasteiger partial charge in [0.15, 0.2) is 9.96 Å². The van der Waals surface area contributed by atoms with Gasteiger partial charge in [-0.2, -0.15) is 0 Å². The lowest BCUT2D eigenvalue weighted by atomic mass is 9.96. The fourth-order valence-electron chi connectivity index (χ4n) is 4.33. The van der Waals surface area contributed by atoms with Crippen molar-refractivity contribution in [3.05, 3.63) is 113 Å². The lowest BCUT2D eigenvalue weighted by Crippen LogP contribution is -2.39. The molecule has 0 N–H and O–H groups in total. The summed E-state index contributed by atoms with van der Waals surface area (Å²) in [5, 5.41) is 12.0. The summed E-state index contributed by atoms with van der Waals surface area (Å²) in [5.74, 6) is -0.540. The molecule has 5 rings (SSSR count). The number of hydrogen-bond donors (Lipinski definition) is 0. The summed E-state index contributed by atoms with van der Waals surface area (Å²) < 4.78 is 7.16. The fraction of sp³-hybridized carbons (Fsp3) is 0.179. The number of non-ortho nitro benzene ring substituents is 1. The van der Waals surface area contributed by atoms with E-state index >= 15 is 0 Å². The Morgan fingerprint density at radius 1 is 1.20 bits per heavy atom. The quantitative estimate of drug-likeness (QED) is 0.0945. The first kappa shape index (κ1) is 28.5. The van der Waals surface area contributed by atoms with Gasteiger partial charge in [0.1, 0.15) is 0 Å². The van der Waals surface area contributed by atoms with Crippen LogP contribution in [0.25, 0.3) is 6.08 Å². The summed E-state index contributed by atoms with van der Waals surface area (Å²) in [4.78, 5) is 53.3. The molecule has 0 unspecified atom stereocenters. The van der Waals surface area contributed by atoms with Crippen molar-refractivity contribution < 1.29 is 14.5 Å². The molecule has 208 valence electrons. The number of carbonyl (C=O) groups excluding carboxylic acids is 1. The molecule has 0 saturated carbocycles. The summed E-state index contributed by atoms with van der Waals surface area (Å²) in [6.45, 7) is 3.62. The third-order valence-corrected chi connectivity index (χ3v) is 8.89. The molecule has 10 nitrogen and oxygen atoms in total. The van der Waals surface area contributed by atoms with E-state index in [2.05, 4.69) is 15.0 Å². The largest absolute Gasteiger partial charge is 0.463 e. The lowest BCUT2D eigenvalue weighted by Gasteiger charge is -2.24. The SMILES string of the molecule is CCOC(=O)C1=C(C)N=c2s/c(=C/c3cc([N+](=O)[O-])ccc3Sc3ncccn3)c(=O)n2[C@@H]1c1ccc(SC)cc1. The van der Waals surface area contributed by atoms with Crippen molar-refractivity contribution in [1.29, 1.82) is 0 Å². The molecule has 2 aromatic carbocycles. The zero-order chi connectivity index (χ0) is 29.1. The molecule has 2 aromatic heterocycles. The second kappa shape index (κ2) is 12.2. The number of hydrogen-bond acceptors (Lipinski definition) is 11. The number of esters is 1. The number of nitro groups is 1. The van der Waals surface area contributed by atoms with Crippen LogP contribution in [0.3, 0.4) is 0 Å². The molecule has 0 aliphatic carbocycles. The van der Waals surface area contributed by atoms with Gasteiger partial charge in [-0.25, -0.2) is 19.8 Å². The van der Waals surface area contributed by atoms with Crippen molar-refractivity contribution in [2.24, 2.45) is 4.99 Å². The first-order valence-corrected chi connectivity index (χ1v) is 15.2. The smallest absolute Gasteiger partial charge is 0.338 e. The Morgan fingerprint density at radius 2 is 1.93 bits per heavy atom. The van der Waals surface area contributed by atoms with Gasteiger partial charge >= 0.3 is 5.97 Å². The molecule has 3 heterocycles. The highest BCUT2D eigenvalue weighted by molar-refractivity contribution is 7.99. The molecule has 0 amide bonds. The highest BCUT2D eigenvalue weighted by Gasteiger charge is 2.33. The van der Waals surface area contributed by atoms with E-state index in [4.69, 9.17) is 4.74 Å². The Bertz CT molecular complexity index is 1850. The molecule has 1 aliphatic rings. The van der Waals surface area contributed by atoms with E-state index in [0.717, 1.165) is 21.8 Å². The number of allylic oxidation sites excluding steroid dienone is 1.